The molecule has 2 nitrogen and oxygen atoms in total. The lowest BCUT2D eigenvalue weighted by Crippen LogP contribution is -1.96. The van der Waals surface area contributed by atoms with E-state index in [1.807, 2.05) is 19.9 Å². The lowest BCUT2D eigenvalue weighted by atomic mass is 10.1. The fraction of sp³-hybridized carbons (Fsp3) is 0.125. The van der Waals surface area contributed by atoms with Gasteiger partial charge in [0.2, 0.25) is 0 Å². The number of aromatic nitrogens is 2. The molecule has 0 spiro atoms. The first-order valence-electron chi connectivity index (χ1n) is 6.36. The van der Waals surface area contributed by atoms with Gasteiger partial charge in [-0.25, -0.2) is 14.4 Å². The van der Waals surface area contributed by atoms with Crippen LogP contribution < -0.4 is 0 Å². The van der Waals surface area contributed by atoms with Crippen molar-refractivity contribution in [2.75, 3.05) is 0 Å². The van der Waals surface area contributed by atoms with E-state index in [-0.39, 0.29) is 16.8 Å². The van der Waals surface area contributed by atoms with Crippen molar-refractivity contribution in [2.24, 2.45) is 0 Å². The van der Waals surface area contributed by atoms with Crippen LogP contribution in [0.15, 0.2) is 30.3 Å². The summed E-state index contributed by atoms with van der Waals surface area (Å²) in [6, 6.07) is 8.49. The fourth-order valence-corrected chi connectivity index (χ4v) is 2.76. The highest BCUT2D eigenvalue weighted by molar-refractivity contribution is 6.38. The first-order valence-corrected chi connectivity index (χ1v) is 7.12. The quantitative estimate of drug-likeness (QED) is 0.564. The third kappa shape index (κ3) is 2.47. The summed E-state index contributed by atoms with van der Waals surface area (Å²) < 4.78 is 14.1. The van der Waals surface area contributed by atoms with E-state index in [1.165, 1.54) is 6.07 Å². The molecule has 0 aliphatic rings. The highest BCUT2D eigenvalue weighted by Gasteiger charge is 2.15. The maximum atomic E-state index is 14.1. The number of rotatable bonds is 1. The molecule has 0 N–H and O–H groups in total. The SMILES string of the molecule is Cc1ccc(-c2nc(Cl)c3c(C)ccc(Cl)c3n2)c(F)c1. The first kappa shape index (κ1) is 14.2. The molecule has 0 atom stereocenters. The second-order valence-corrected chi connectivity index (χ2v) is 5.67. The standard InChI is InChI=1S/C16H11Cl2FN2/c1-8-3-5-10(12(19)7-8)16-20-14-11(17)6-4-9(2)13(14)15(18)21-16/h3-7H,1-2H3. The van der Waals surface area contributed by atoms with Crippen LogP contribution in [0.5, 0.6) is 0 Å². The zero-order valence-electron chi connectivity index (χ0n) is 11.4. The predicted octanol–water partition coefficient (Wildman–Crippen LogP) is 5.36. The topological polar surface area (TPSA) is 25.8 Å². The van der Waals surface area contributed by atoms with Crippen LogP contribution in [0.1, 0.15) is 11.1 Å². The molecule has 2 aromatic carbocycles. The van der Waals surface area contributed by atoms with Gasteiger partial charge in [0, 0.05) is 5.39 Å². The highest BCUT2D eigenvalue weighted by atomic mass is 35.5. The van der Waals surface area contributed by atoms with E-state index < -0.39 is 0 Å². The number of nitrogens with zero attached hydrogens (tertiary/aromatic N) is 2. The van der Waals surface area contributed by atoms with Gasteiger partial charge in [0.05, 0.1) is 16.1 Å². The van der Waals surface area contributed by atoms with Crippen LogP contribution in [0.4, 0.5) is 4.39 Å². The van der Waals surface area contributed by atoms with Crippen LogP contribution in [0.25, 0.3) is 22.3 Å². The van der Waals surface area contributed by atoms with Gasteiger partial charge < -0.3 is 0 Å². The van der Waals surface area contributed by atoms with Crippen LogP contribution in [0.3, 0.4) is 0 Å². The summed E-state index contributed by atoms with van der Waals surface area (Å²) in [7, 11) is 0. The third-order valence-corrected chi connectivity index (χ3v) is 3.91. The molecule has 21 heavy (non-hydrogen) atoms. The molecule has 0 saturated heterocycles. The van der Waals surface area contributed by atoms with E-state index in [9.17, 15) is 4.39 Å². The minimum atomic E-state index is -0.380. The summed E-state index contributed by atoms with van der Waals surface area (Å²) in [5, 5.41) is 1.43. The van der Waals surface area contributed by atoms with Crippen molar-refractivity contribution >= 4 is 34.1 Å². The average Bonchev–Trinajstić information content (AvgIpc) is 2.42. The monoisotopic (exact) mass is 320 g/mol. The molecule has 3 rings (SSSR count). The lowest BCUT2D eigenvalue weighted by molar-refractivity contribution is 0.629. The van der Waals surface area contributed by atoms with E-state index in [1.54, 1.807) is 18.2 Å². The third-order valence-electron chi connectivity index (χ3n) is 3.33. The van der Waals surface area contributed by atoms with Gasteiger partial charge in [-0.15, -0.1) is 0 Å². The Morgan fingerprint density at radius 3 is 2.48 bits per heavy atom. The van der Waals surface area contributed by atoms with E-state index in [0.717, 1.165) is 11.1 Å². The fourth-order valence-electron chi connectivity index (χ4n) is 2.24. The van der Waals surface area contributed by atoms with E-state index in [2.05, 4.69) is 9.97 Å². The summed E-state index contributed by atoms with van der Waals surface area (Å²) in [5.74, 6) is -0.147. The maximum Gasteiger partial charge on any atom is 0.164 e. The van der Waals surface area contributed by atoms with Gasteiger partial charge in [-0.2, -0.15) is 0 Å². The average molecular weight is 321 g/mol. The van der Waals surface area contributed by atoms with Crippen LogP contribution in [0.2, 0.25) is 10.2 Å². The van der Waals surface area contributed by atoms with Crippen molar-refractivity contribution in [3.05, 3.63) is 57.5 Å². The van der Waals surface area contributed by atoms with Crippen molar-refractivity contribution in [2.45, 2.75) is 13.8 Å². The Balaban J connectivity index is 2.33. The molecule has 0 radical (unpaired) electrons. The van der Waals surface area contributed by atoms with E-state index in [4.69, 9.17) is 23.2 Å². The molecule has 3 aromatic rings. The molecule has 1 aromatic heterocycles. The van der Waals surface area contributed by atoms with Crippen molar-refractivity contribution in [3.8, 4) is 11.4 Å². The zero-order valence-corrected chi connectivity index (χ0v) is 12.9. The minimum Gasteiger partial charge on any atom is -0.226 e. The van der Waals surface area contributed by atoms with E-state index in [0.29, 0.717) is 21.5 Å². The van der Waals surface area contributed by atoms with Gasteiger partial charge in [0.1, 0.15) is 11.0 Å². The van der Waals surface area contributed by atoms with Gasteiger partial charge >= 0.3 is 0 Å². The summed E-state index contributed by atoms with van der Waals surface area (Å²) >= 11 is 12.4. The summed E-state index contributed by atoms with van der Waals surface area (Å²) in [4.78, 5) is 8.61. The Kier molecular flexibility index (Phi) is 3.56. The molecule has 0 saturated carbocycles. The predicted molar refractivity (Wildman–Crippen MR) is 84.4 cm³/mol. The zero-order chi connectivity index (χ0) is 15.1. The first-order chi connectivity index (χ1) is 9.97. The van der Waals surface area contributed by atoms with Gasteiger partial charge in [-0.3, -0.25) is 0 Å². The summed E-state index contributed by atoms with van der Waals surface area (Å²) in [6.45, 7) is 3.72. The number of hydrogen-bond acceptors (Lipinski definition) is 2. The minimum absolute atomic E-state index is 0.234. The van der Waals surface area contributed by atoms with Gasteiger partial charge in [-0.05, 0) is 43.2 Å². The molecule has 0 bridgehead atoms. The molecule has 0 amide bonds. The Bertz CT molecular complexity index is 863. The smallest absolute Gasteiger partial charge is 0.164 e. The lowest BCUT2D eigenvalue weighted by Gasteiger charge is -2.09. The van der Waals surface area contributed by atoms with Crippen LogP contribution in [-0.4, -0.2) is 9.97 Å². The van der Waals surface area contributed by atoms with Gasteiger partial charge in [0.15, 0.2) is 5.82 Å². The molecule has 0 aliphatic heterocycles. The highest BCUT2D eigenvalue weighted by Crippen LogP contribution is 2.32. The van der Waals surface area contributed by atoms with Crippen LogP contribution >= 0.6 is 23.2 Å². The molecule has 1 heterocycles. The Morgan fingerprint density at radius 2 is 1.76 bits per heavy atom. The van der Waals surface area contributed by atoms with Crippen molar-refractivity contribution in [1.82, 2.24) is 9.97 Å². The molecular formula is C16H11Cl2FN2. The molecule has 5 heteroatoms. The largest absolute Gasteiger partial charge is 0.226 e. The molecule has 0 unspecified atom stereocenters. The second-order valence-electron chi connectivity index (χ2n) is 4.91. The number of hydrogen-bond donors (Lipinski definition) is 0. The maximum absolute atomic E-state index is 14.1. The molecular weight excluding hydrogens is 310 g/mol. The summed E-state index contributed by atoms with van der Waals surface area (Å²) in [6.07, 6.45) is 0. The number of benzene rings is 2. The second kappa shape index (κ2) is 5.24. The van der Waals surface area contributed by atoms with Crippen molar-refractivity contribution in [1.29, 1.82) is 0 Å². The van der Waals surface area contributed by atoms with Crippen LogP contribution in [0, 0.1) is 19.7 Å². The van der Waals surface area contributed by atoms with Gasteiger partial charge in [0.25, 0.3) is 0 Å². The number of fused-ring (bicyclic) bond motifs is 1. The van der Waals surface area contributed by atoms with Crippen molar-refractivity contribution in [3.63, 3.8) is 0 Å². The molecule has 106 valence electrons. The van der Waals surface area contributed by atoms with Crippen LogP contribution in [-0.2, 0) is 0 Å². The Hall–Kier alpha value is -1.71. The van der Waals surface area contributed by atoms with E-state index >= 15 is 0 Å². The Morgan fingerprint density at radius 1 is 1.00 bits per heavy atom. The number of aryl methyl sites for hydroxylation is 2. The number of halogens is 3. The normalized spacial score (nSPS) is 11.1. The van der Waals surface area contributed by atoms with Gasteiger partial charge in [-0.1, -0.05) is 35.3 Å². The molecule has 0 aliphatic carbocycles. The summed E-state index contributed by atoms with van der Waals surface area (Å²) in [5.41, 5.74) is 2.60. The molecule has 0 fully saturated rings. The van der Waals surface area contributed by atoms with Crippen molar-refractivity contribution < 1.29 is 4.39 Å². The Labute approximate surface area is 131 Å².